The lowest BCUT2D eigenvalue weighted by Crippen LogP contribution is -2.44. The van der Waals surface area contributed by atoms with Gasteiger partial charge in [-0.15, -0.1) is 0 Å². The Labute approximate surface area is 187 Å². The Hall–Kier alpha value is -3.80. The van der Waals surface area contributed by atoms with Crippen molar-refractivity contribution in [2.45, 2.75) is 38.8 Å². The van der Waals surface area contributed by atoms with Crippen LogP contribution in [0.5, 0.6) is 17.2 Å². The number of nitrogens with zero attached hydrogens (tertiary/aromatic N) is 3. The van der Waals surface area contributed by atoms with Gasteiger partial charge in [-0.05, 0) is 85.6 Å². The van der Waals surface area contributed by atoms with E-state index in [-0.39, 0.29) is 23.4 Å². The second-order valence-corrected chi connectivity index (χ2v) is 7.84. The zero-order valence-electron chi connectivity index (χ0n) is 18.0. The van der Waals surface area contributed by atoms with Crippen LogP contribution in [-0.2, 0) is 0 Å². The van der Waals surface area contributed by atoms with E-state index in [1.165, 1.54) is 0 Å². The van der Waals surface area contributed by atoms with Crippen molar-refractivity contribution in [2.24, 2.45) is 9.98 Å². The molecule has 0 aliphatic carbocycles. The Morgan fingerprint density at radius 3 is 1.81 bits per heavy atom. The molecule has 0 bridgehead atoms. The summed E-state index contributed by atoms with van der Waals surface area (Å²) in [4.78, 5) is 12.0. The van der Waals surface area contributed by atoms with Crippen molar-refractivity contribution in [1.82, 2.24) is 0 Å². The van der Waals surface area contributed by atoms with Crippen molar-refractivity contribution in [3.05, 3.63) is 83.9 Å². The first-order valence-electron chi connectivity index (χ1n) is 10.9. The molecule has 0 saturated carbocycles. The van der Waals surface area contributed by atoms with Crippen LogP contribution in [0, 0.1) is 0 Å². The first-order chi connectivity index (χ1) is 15.5. The Morgan fingerprint density at radius 2 is 1.25 bits per heavy atom. The minimum Gasteiger partial charge on any atom is -0.508 e. The highest BCUT2D eigenvalue weighted by molar-refractivity contribution is 6.19. The summed E-state index contributed by atoms with van der Waals surface area (Å²) in [6, 6.07) is 20.9. The smallest absolute Gasteiger partial charge is 0.159 e. The SMILES string of the molecule is CCCCCC1N=C(c2ccc(O)cc2)N=C(c2ccc(O)cc2)N1c1ccc(O)cc1. The Morgan fingerprint density at radius 1 is 0.719 bits per heavy atom. The van der Waals surface area contributed by atoms with Crippen LogP contribution >= 0.6 is 0 Å². The van der Waals surface area contributed by atoms with E-state index in [1.807, 2.05) is 36.4 Å². The molecule has 3 aromatic carbocycles. The summed E-state index contributed by atoms with van der Waals surface area (Å²) in [5, 5.41) is 29.3. The number of aliphatic imine (C=N–C) groups is 2. The molecule has 1 aliphatic rings. The minimum atomic E-state index is -0.184. The van der Waals surface area contributed by atoms with E-state index in [0.717, 1.165) is 48.3 Å². The maximum atomic E-state index is 9.80. The lowest BCUT2D eigenvalue weighted by molar-refractivity contribution is 0.474. The molecule has 0 radical (unpaired) electrons. The summed E-state index contributed by atoms with van der Waals surface area (Å²) in [6.45, 7) is 2.17. The van der Waals surface area contributed by atoms with Gasteiger partial charge in [-0.1, -0.05) is 19.8 Å². The topological polar surface area (TPSA) is 88.7 Å². The van der Waals surface area contributed by atoms with Gasteiger partial charge in [0.15, 0.2) is 5.84 Å². The highest BCUT2D eigenvalue weighted by Gasteiger charge is 2.29. The molecule has 0 spiro atoms. The van der Waals surface area contributed by atoms with Gasteiger partial charge in [-0.2, -0.15) is 0 Å². The molecule has 0 amide bonds. The third-order valence-corrected chi connectivity index (χ3v) is 5.45. The number of anilines is 1. The highest BCUT2D eigenvalue weighted by atomic mass is 16.3. The number of hydrogen-bond donors (Lipinski definition) is 3. The van der Waals surface area contributed by atoms with Crippen LogP contribution in [0.15, 0.2) is 82.8 Å². The van der Waals surface area contributed by atoms with Gasteiger partial charge in [0, 0.05) is 16.8 Å². The summed E-state index contributed by atoms with van der Waals surface area (Å²) in [6.07, 6.45) is 3.89. The quantitative estimate of drug-likeness (QED) is 0.437. The second kappa shape index (κ2) is 9.56. The molecule has 6 heteroatoms. The van der Waals surface area contributed by atoms with E-state index < -0.39 is 0 Å². The molecule has 3 N–H and O–H groups in total. The maximum Gasteiger partial charge on any atom is 0.159 e. The van der Waals surface area contributed by atoms with Crippen LogP contribution in [0.4, 0.5) is 5.69 Å². The molecule has 0 aromatic heterocycles. The van der Waals surface area contributed by atoms with Gasteiger partial charge < -0.3 is 20.2 Å². The van der Waals surface area contributed by atoms with Crippen LogP contribution in [0.3, 0.4) is 0 Å². The van der Waals surface area contributed by atoms with Gasteiger partial charge in [-0.3, -0.25) is 0 Å². The van der Waals surface area contributed by atoms with Gasteiger partial charge >= 0.3 is 0 Å². The van der Waals surface area contributed by atoms with Crippen LogP contribution in [0.1, 0.15) is 43.7 Å². The van der Waals surface area contributed by atoms with Crippen molar-refractivity contribution in [3.63, 3.8) is 0 Å². The van der Waals surface area contributed by atoms with Crippen LogP contribution in [0.2, 0.25) is 0 Å². The molecular weight excluding hydrogens is 402 g/mol. The molecule has 6 nitrogen and oxygen atoms in total. The summed E-state index contributed by atoms with van der Waals surface area (Å²) in [5.74, 6) is 1.90. The van der Waals surface area contributed by atoms with E-state index in [2.05, 4.69) is 11.8 Å². The van der Waals surface area contributed by atoms with E-state index >= 15 is 0 Å². The van der Waals surface area contributed by atoms with Crippen LogP contribution in [0.25, 0.3) is 0 Å². The predicted octanol–water partition coefficient (Wildman–Crippen LogP) is 5.42. The molecule has 1 heterocycles. The van der Waals surface area contributed by atoms with E-state index in [0.29, 0.717) is 5.84 Å². The fraction of sp³-hybridized carbons (Fsp3) is 0.231. The van der Waals surface area contributed by atoms with Gasteiger partial charge in [0.2, 0.25) is 0 Å². The number of unbranched alkanes of at least 4 members (excludes halogenated alkanes) is 2. The number of phenolic OH excluding ortho intramolecular Hbond substituents is 3. The third kappa shape index (κ3) is 4.75. The van der Waals surface area contributed by atoms with Crippen molar-refractivity contribution in [1.29, 1.82) is 0 Å². The van der Waals surface area contributed by atoms with Gasteiger partial charge in [0.25, 0.3) is 0 Å². The molecule has 164 valence electrons. The molecular formula is C26H27N3O3. The van der Waals surface area contributed by atoms with Gasteiger partial charge in [0.05, 0.1) is 0 Å². The Kier molecular flexibility index (Phi) is 6.40. The first-order valence-corrected chi connectivity index (χ1v) is 10.9. The van der Waals surface area contributed by atoms with E-state index in [4.69, 9.17) is 9.98 Å². The number of benzene rings is 3. The van der Waals surface area contributed by atoms with Crippen molar-refractivity contribution < 1.29 is 15.3 Å². The van der Waals surface area contributed by atoms with Crippen molar-refractivity contribution in [3.8, 4) is 17.2 Å². The molecule has 0 saturated heterocycles. The fourth-order valence-corrected chi connectivity index (χ4v) is 3.76. The zero-order chi connectivity index (χ0) is 22.5. The molecule has 32 heavy (non-hydrogen) atoms. The summed E-state index contributed by atoms with van der Waals surface area (Å²) >= 11 is 0. The van der Waals surface area contributed by atoms with Gasteiger partial charge in [0.1, 0.15) is 29.2 Å². The van der Waals surface area contributed by atoms with Crippen molar-refractivity contribution in [2.75, 3.05) is 4.90 Å². The summed E-state index contributed by atoms with van der Waals surface area (Å²) in [5.41, 5.74) is 2.55. The highest BCUT2D eigenvalue weighted by Crippen LogP contribution is 2.30. The minimum absolute atomic E-state index is 0.184. The number of rotatable bonds is 7. The fourth-order valence-electron chi connectivity index (χ4n) is 3.76. The lowest BCUT2D eigenvalue weighted by atomic mass is 10.1. The number of phenols is 3. The molecule has 1 atom stereocenters. The molecule has 1 unspecified atom stereocenters. The number of aromatic hydroxyl groups is 3. The molecule has 4 rings (SSSR count). The second-order valence-electron chi connectivity index (χ2n) is 7.84. The lowest BCUT2D eigenvalue weighted by Gasteiger charge is -2.35. The maximum absolute atomic E-state index is 9.80. The Bertz CT molecular complexity index is 1100. The monoisotopic (exact) mass is 429 g/mol. The number of hydrogen-bond acceptors (Lipinski definition) is 6. The van der Waals surface area contributed by atoms with E-state index in [9.17, 15) is 15.3 Å². The van der Waals surface area contributed by atoms with Crippen molar-refractivity contribution >= 4 is 17.4 Å². The molecule has 3 aromatic rings. The predicted molar refractivity (Wildman–Crippen MR) is 128 cm³/mol. The average molecular weight is 430 g/mol. The third-order valence-electron chi connectivity index (χ3n) is 5.45. The average Bonchev–Trinajstić information content (AvgIpc) is 2.80. The van der Waals surface area contributed by atoms with Crippen LogP contribution in [-0.4, -0.2) is 33.2 Å². The largest absolute Gasteiger partial charge is 0.508 e. The normalized spacial score (nSPS) is 15.9. The number of amidine groups is 2. The first kappa shape index (κ1) is 21.4. The zero-order valence-corrected chi connectivity index (χ0v) is 18.0. The molecule has 1 aliphatic heterocycles. The Balaban J connectivity index is 1.83. The summed E-state index contributed by atoms with van der Waals surface area (Å²) in [7, 11) is 0. The molecule has 0 fully saturated rings. The van der Waals surface area contributed by atoms with Crippen LogP contribution < -0.4 is 4.90 Å². The van der Waals surface area contributed by atoms with Gasteiger partial charge in [-0.25, -0.2) is 9.98 Å². The summed E-state index contributed by atoms with van der Waals surface area (Å²) < 4.78 is 0. The standard InChI is InChI=1S/C26H27N3O3/c1-2-3-4-5-24-27-25(18-6-12-21(30)13-7-18)28-26(19-8-14-22(31)15-9-19)29(24)20-10-16-23(32)17-11-20/h6-17,24,30-32H,2-5H2,1H3. The van der Waals surface area contributed by atoms with E-state index in [1.54, 1.807) is 36.4 Å².